The van der Waals surface area contributed by atoms with E-state index in [4.69, 9.17) is 9.47 Å². The largest absolute Gasteiger partial charge is 0.507 e. The van der Waals surface area contributed by atoms with Crippen LogP contribution in [-0.4, -0.2) is 41.5 Å². The number of nitrogens with zero attached hydrogens (tertiary/aromatic N) is 1. The average Bonchev–Trinajstić information content (AvgIpc) is 3.04. The molecule has 1 heterocycles. The lowest BCUT2D eigenvalue weighted by Gasteiger charge is -2.24. The first-order valence-corrected chi connectivity index (χ1v) is 10.4. The van der Waals surface area contributed by atoms with Crippen LogP contribution >= 0.6 is 0 Å². The number of Topliss-reactive ketones (excluding diaryl/α,β-unsaturated/α-hetero) is 1. The molecule has 3 rings (SSSR count). The van der Waals surface area contributed by atoms with Crippen LogP contribution in [0.1, 0.15) is 29.7 Å². The van der Waals surface area contributed by atoms with E-state index in [9.17, 15) is 14.7 Å². The van der Waals surface area contributed by atoms with Gasteiger partial charge in [-0.3, -0.25) is 9.59 Å². The van der Waals surface area contributed by atoms with E-state index in [1.807, 2.05) is 13.8 Å². The Bertz CT molecular complexity index is 1070. The minimum absolute atomic E-state index is 0.0418. The zero-order valence-corrected chi connectivity index (χ0v) is 18.3. The van der Waals surface area contributed by atoms with Gasteiger partial charge in [0.25, 0.3) is 11.7 Å². The van der Waals surface area contributed by atoms with E-state index in [1.54, 1.807) is 54.6 Å². The zero-order valence-electron chi connectivity index (χ0n) is 18.3. The first-order valence-electron chi connectivity index (χ1n) is 10.4. The Morgan fingerprint density at radius 2 is 1.81 bits per heavy atom. The van der Waals surface area contributed by atoms with Crippen molar-refractivity contribution in [3.8, 4) is 11.5 Å². The fourth-order valence-electron chi connectivity index (χ4n) is 3.73. The van der Waals surface area contributed by atoms with Crippen molar-refractivity contribution in [2.45, 2.75) is 19.9 Å². The molecule has 1 fully saturated rings. The number of likely N-dealkylation sites (tertiary alicyclic amines) is 1. The summed E-state index contributed by atoms with van der Waals surface area (Å²) in [6, 6.07) is 11.5. The van der Waals surface area contributed by atoms with Gasteiger partial charge in [0.2, 0.25) is 0 Å². The number of rotatable bonds is 9. The van der Waals surface area contributed by atoms with Crippen molar-refractivity contribution in [2.75, 3.05) is 19.8 Å². The summed E-state index contributed by atoms with van der Waals surface area (Å²) < 4.78 is 11.1. The third-order valence-electron chi connectivity index (χ3n) is 5.18. The van der Waals surface area contributed by atoms with Crippen molar-refractivity contribution >= 4 is 17.4 Å². The van der Waals surface area contributed by atoms with Crippen molar-refractivity contribution in [1.82, 2.24) is 4.90 Å². The molecule has 32 heavy (non-hydrogen) atoms. The van der Waals surface area contributed by atoms with Gasteiger partial charge in [-0.1, -0.05) is 30.9 Å². The van der Waals surface area contributed by atoms with Gasteiger partial charge in [-0.05, 0) is 55.3 Å². The van der Waals surface area contributed by atoms with Crippen LogP contribution < -0.4 is 9.47 Å². The molecule has 0 saturated carbocycles. The number of aliphatic hydroxyl groups is 1. The van der Waals surface area contributed by atoms with Crippen LogP contribution in [-0.2, 0) is 9.59 Å². The van der Waals surface area contributed by atoms with E-state index in [0.29, 0.717) is 35.8 Å². The van der Waals surface area contributed by atoms with Crippen LogP contribution in [0, 0.1) is 6.92 Å². The monoisotopic (exact) mass is 433 g/mol. The molecule has 1 aliphatic heterocycles. The van der Waals surface area contributed by atoms with Crippen LogP contribution in [0.3, 0.4) is 0 Å². The van der Waals surface area contributed by atoms with Crippen molar-refractivity contribution in [2.24, 2.45) is 0 Å². The molecule has 0 radical (unpaired) electrons. The molecule has 0 aromatic heterocycles. The maximum absolute atomic E-state index is 12.9. The Balaban J connectivity index is 2.09. The molecule has 6 heteroatoms. The van der Waals surface area contributed by atoms with Crippen LogP contribution in [0.25, 0.3) is 5.76 Å². The maximum Gasteiger partial charge on any atom is 0.295 e. The second-order valence-corrected chi connectivity index (χ2v) is 7.32. The topological polar surface area (TPSA) is 76.1 Å². The van der Waals surface area contributed by atoms with Gasteiger partial charge >= 0.3 is 0 Å². The van der Waals surface area contributed by atoms with Gasteiger partial charge < -0.3 is 19.5 Å². The highest BCUT2D eigenvalue weighted by molar-refractivity contribution is 6.46. The predicted octanol–water partition coefficient (Wildman–Crippen LogP) is 4.57. The normalized spacial score (nSPS) is 17.3. The van der Waals surface area contributed by atoms with Gasteiger partial charge in [0, 0.05) is 12.1 Å². The summed E-state index contributed by atoms with van der Waals surface area (Å²) in [5, 5.41) is 11.1. The van der Waals surface area contributed by atoms with Gasteiger partial charge in [0.05, 0.1) is 18.2 Å². The maximum atomic E-state index is 12.9. The molecule has 0 bridgehead atoms. The molecule has 2 aromatic rings. The predicted molar refractivity (Wildman–Crippen MR) is 124 cm³/mol. The van der Waals surface area contributed by atoms with Crippen molar-refractivity contribution in [3.05, 3.63) is 90.0 Å². The van der Waals surface area contributed by atoms with E-state index < -0.39 is 17.7 Å². The molecule has 0 spiro atoms. The van der Waals surface area contributed by atoms with Gasteiger partial charge in [-0.15, -0.1) is 6.58 Å². The number of benzene rings is 2. The third-order valence-corrected chi connectivity index (χ3v) is 5.18. The van der Waals surface area contributed by atoms with Gasteiger partial charge in [-0.25, -0.2) is 0 Å². The molecule has 1 aliphatic rings. The van der Waals surface area contributed by atoms with Gasteiger partial charge in [0.1, 0.15) is 23.9 Å². The molecule has 2 aromatic carbocycles. The Hall–Kier alpha value is -3.80. The van der Waals surface area contributed by atoms with Crippen molar-refractivity contribution in [3.63, 3.8) is 0 Å². The molecule has 6 nitrogen and oxygen atoms in total. The van der Waals surface area contributed by atoms with E-state index in [2.05, 4.69) is 13.2 Å². The van der Waals surface area contributed by atoms with Crippen molar-refractivity contribution in [1.29, 1.82) is 0 Å². The lowest BCUT2D eigenvalue weighted by Crippen LogP contribution is -2.29. The van der Waals surface area contributed by atoms with E-state index >= 15 is 0 Å². The average molecular weight is 434 g/mol. The summed E-state index contributed by atoms with van der Waals surface area (Å²) in [6.45, 7) is 12.1. The van der Waals surface area contributed by atoms with E-state index in [0.717, 1.165) is 5.56 Å². The highest BCUT2D eigenvalue weighted by Gasteiger charge is 2.45. The number of hydrogen-bond acceptors (Lipinski definition) is 5. The molecule has 166 valence electrons. The zero-order chi connectivity index (χ0) is 23.3. The fourth-order valence-corrected chi connectivity index (χ4v) is 3.73. The summed E-state index contributed by atoms with van der Waals surface area (Å²) in [6.07, 6.45) is 3.20. The molecular weight excluding hydrogens is 406 g/mol. The highest BCUT2D eigenvalue weighted by atomic mass is 16.5. The van der Waals surface area contributed by atoms with Gasteiger partial charge in [0.15, 0.2) is 0 Å². The van der Waals surface area contributed by atoms with Crippen LogP contribution in [0.15, 0.2) is 73.3 Å². The Morgan fingerprint density at radius 3 is 2.41 bits per heavy atom. The first-order chi connectivity index (χ1) is 15.4. The second kappa shape index (κ2) is 10.0. The molecular formula is C26H27NO5. The quantitative estimate of drug-likeness (QED) is 0.271. The fraction of sp³-hybridized carbons (Fsp3) is 0.231. The second-order valence-electron chi connectivity index (χ2n) is 7.32. The number of ketones is 1. The number of hydrogen-bond donors (Lipinski definition) is 1. The number of aliphatic hydroxyl groups excluding tert-OH is 1. The van der Waals surface area contributed by atoms with E-state index in [-0.39, 0.29) is 17.9 Å². The first kappa shape index (κ1) is 22.9. The molecule has 1 unspecified atom stereocenters. The van der Waals surface area contributed by atoms with Crippen LogP contribution in [0.5, 0.6) is 11.5 Å². The Labute approximate surface area is 188 Å². The summed E-state index contributed by atoms with van der Waals surface area (Å²) in [4.78, 5) is 27.1. The summed E-state index contributed by atoms with van der Waals surface area (Å²) in [7, 11) is 0. The van der Waals surface area contributed by atoms with Gasteiger partial charge in [-0.2, -0.15) is 0 Å². The minimum Gasteiger partial charge on any atom is -0.507 e. The Kier molecular flexibility index (Phi) is 7.15. The molecule has 0 aliphatic carbocycles. The van der Waals surface area contributed by atoms with Crippen LogP contribution in [0.2, 0.25) is 0 Å². The lowest BCUT2D eigenvalue weighted by atomic mass is 9.94. The molecule has 1 atom stereocenters. The van der Waals surface area contributed by atoms with Crippen LogP contribution in [0.4, 0.5) is 0 Å². The highest BCUT2D eigenvalue weighted by Crippen LogP contribution is 2.40. The summed E-state index contributed by atoms with van der Waals surface area (Å²) in [5.74, 6) is -0.295. The molecule has 1 amide bonds. The standard InChI is InChI=1S/C26H27NO5/c1-5-14-27-23(18-8-11-20(12-9-18)32-15-6-2)22(25(29)26(27)30)24(28)19-10-13-21(31-7-3)17(4)16-19/h5-6,8-13,16,23,28H,1-2,7,14-15H2,3-4H3/b24-22+. The summed E-state index contributed by atoms with van der Waals surface area (Å²) >= 11 is 0. The van der Waals surface area contributed by atoms with E-state index in [1.165, 1.54) is 4.90 Å². The third kappa shape index (κ3) is 4.44. The molecule has 1 saturated heterocycles. The number of carbonyl (C=O) groups excluding carboxylic acids is 2. The SMILES string of the molecule is C=CCOc1ccc(C2/C(=C(\O)c3ccc(OCC)c(C)c3)C(=O)C(=O)N2CC=C)cc1. The smallest absolute Gasteiger partial charge is 0.295 e. The number of aryl methyl sites for hydroxylation is 1. The number of ether oxygens (including phenoxy) is 2. The Morgan fingerprint density at radius 1 is 1.09 bits per heavy atom. The number of carbonyl (C=O) groups is 2. The molecule has 1 N–H and O–H groups in total. The summed E-state index contributed by atoms with van der Waals surface area (Å²) in [5.41, 5.74) is 1.98. The minimum atomic E-state index is -0.742. The lowest BCUT2D eigenvalue weighted by molar-refractivity contribution is -0.139. The number of amides is 1. The van der Waals surface area contributed by atoms with Crippen molar-refractivity contribution < 1.29 is 24.2 Å².